The van der Waals surface area contributed by atoms with Crippen LogP contribution in [0.2, 0.25) is 0 Å². The van der Waals surface area contributed by atoms with E-state index >= 15 is 0 Å². The highest BCUT2D eigenvalue weighted by atomic mass is 16.5. The van der Waals surface area contributed by atoms with Gasteiger partial charge in [-0.1, -0.05) is 91.0 Å². The van der Waals surface area contributed by atoms with Crippen LogP contribution in [0, 0.1) is 0 Å². The van der Waals surface area contributed by atoms with E-state index in [1.54, 1.807) is 0 Å². The second-order valence-electron chi connectivity index (χ2n) is 8.78. The molecule has 0 aromatic heterocycles. The van der Waals surface area contributed by atoms with E-state index in [-0.39, 0.29) is 13.0 Å². The number of nitrogens with one attached hydrogen (secondary N) is 2. The average Bonchev–Trinajstić information content (AvgIpc) is 2.94. The Labute approximate surface area is 222 Å². The van der Waals surface area contributed by atoms with Crippen LogP contribution in [-0.4, -0.2) is 46.4 Å². The molecule has 0 fully saturated rings. The third-order valence-electron chi connectivity index (χ3n) is 5.87. The number of hydrogen-bond donors (Lipinski definition) is 4. The fourth-order valence-corrected chi connectivity index (χ4v) is 3.86. The van der Waals surface area contributed by atoms with E-state index in [2.05, 4.69) is 10.6 Å². The van der Waals surface area contributed by atoms with Crippen molar-refractivity contribution in [3.63, 3.8) is 0 Å². The van der Waals surface area contributed by atoms with Gasteiger partial charge in [-0.15, -0.1) is 0 Å². The molecule has 3 aromatic carbocycles. The highest BCUT2D eigenvalue weighted by Crippen LogP contribution is 2.11. The number of aliphatic hydroxyl groups excluding tert-OH is 1. The Morgan fingerprint density at radius 3 is 1.92 bits per heavy atom. The summed E-state index contributed by atoms with van der Waals surface area (Å²) in [6.07, 6.45) is 1.05. The number of aryl methyl sites for hydroxylation is 1. The van der Waals surface area contributed by atoms with Gasteiger partial charge in [0, 0.05) is 12.5 Å². The van der Waals surface area contributed by atoms with Gasteiger partial charge in [0.25, 0.3) is 0 Å². The first kappa shape index (κ1) is 28.1. The van der Waals surface area contributed by atoms with Crippen molar-refractivity contribution in [1.82, 2.24) is 10.6 Å². The Kier molecular flexibility index (Phi) is 11.1. The molecule has 0 radical (unpaired) electrons. The van der Waals surface area contributed by atoms with E-state index in [1.807, 2.05) is 91.0 Å². The van der Waals surface area contributed by atoms with E-state index in [1.165, 1.54) is 0 Å². The minimum atomic E-state index is -1.25. The minimum absolute atomic E-state index is 0.0464. The molecule has 0 saturated carbocycles. The van der Waals surface area contributed by atoms with E-state index in [9.17, 15) is 19.5 Å². The van der Waals surface area contributed by atoms with Crippen molar-refractivity contribution >= 4 is 18.0 Å². The lowest BCUT2D eigenvalue weighted by Gasteiger charge is -2.26. The molecule has 38 heavy (non-hydrogen) atoms. The third kappa shape index (κ3) is 9.91. The maximum Gasteiger partial charge on any atom is 0.408 e. The zero-order chi connectivity index (χ0) is 27.2. The Morgan fingerprint density at radius 2 is 1.34 bits per heavy atom. The molecule has 8 heteroatoms. The monoisotopic (exact) mass is 516 g/mol. The molecule has 3 atom stereocenters. The number of hydrogen-bond acceptors (Lipinski definition) is 5. The van der Waals surface area contributed by atoms with Gasteiger partial charge in [0.05, 0.1) is 12.1 Å². The number of carbonyl (C=O) groups excluding carboxylic acids is 2. The van der Waals surface area contributed by atoms with Crippen LogP contribution < -0.4 is 10.6 Å². The van der Waals surface area contributed by atoms with Gasteiger partial charge < -0.3 is 25.6 Å². The predicted octanol–water partition coefficient (Wildman–Crippen LogP) is 3.64. The van der Waals surface area contributed by atoms with Gasteiger partial charge in [0.1, 0.15) is 12.6 Å². The van der Waals surface area contributed by atoms with Crippen LogP contribution in [-0.2, 0) is 33.8 Å². The summed E-state index contributed by atoms with van der Waals surface area (Å²) < 4.78 is 5.31. The molecule has 0 saturated heterocycles. The average molecular weight is 517 g/mol. The first-order valence-electron chi connectivity index (χ1n) is 12.4. The van der Waals surface area contributed by atoms with Crippen LogP contribution in [0.4, 0.5) is 4.79 Å². The summed E-state index contributed by atoms with van der Waals surface area (Å²) in [5.74, 6) is -1.73. The lowest BCUT2D eigenvalue weighted by atomic mass is 9.99. The van der Waals surface area contributed by atoms with Crippen LogP contribution in [0.1, 0.15) is 23.1 Å². The van der Waals surface area contributed by atoms with Crippen LogP contribution in [0.3, 0.4) is 0 Å². The molecule has 4 N–H and O–H groups in total. The quantitative estimate of drug-likeness (QED) is 0.257. The zero-order valence-corrected chi connectivity index (χ0v) is 20.9. The van der Waals surface area contributed by atoms with Crippen molar-refractivity contribution in [2.45, 2.75) is 44.1 Å². The highest BCUT2D eigenvalue weighted by Gasteiger charge is 2.27. The smallest absolute Gasteiger partial charge is 0.408 e. The lowest BCUT2D eigenvalue weighted by Crippen LogP contribution is -2.53. The highest BCUT2D eigenvalue weighted by molar-refractivity contribution is 5.86. The van der Waals surface area contributed by atoms with Crippen molar-refractivity contribution in [3.8, 4) is 0 Å². The number of carboxylic acids is 1. The Balaban J connectivity index is 1.72. The first-order valence-corrected chi connectivity index (χ1v) is 12.4. The largest absolute Gasteiger partial charge is 0.478 e. The maximum absolute atomic E-state index is 13.4. The van der Waals surface area contributed by atoms with Crippen molar-refractivity contribution in [1.29, 1.82) is 0 Å². The molecule has 3 rings (SSSR count). The molecule has 0 aliphatic heterocycles. The molecule has 198 valence electrons. The fourth-order valence-electron chi connectivity index (χ4n) is 3.86. The van der Waals surface area contributed by atoms with Crippen molar-refractivity contribution in [3.05, 3.63) is 120 Å². The number of benzene rings is 3. The molecule has 0 heterocycles. The minimum Gasteiger partial charge on any atom is -0.478 e. The van der Waals surface area contributed by atoms with Crippen LogP contribution in [0.5, 0.6) is 0 Å². The molecular formula is C30H32N2O6. The standard InChI is InChI=1S/C30H32N2O6/c33-27(18-19-28(34)35)25(17-16-22-10-4-1-5-11-22)31-29(36)26(20-23-12-6-2-7-13-23)32-30(37)38-21-24-14-8-3-9-15-24/h1-15,18-19,25-27,33H,16-17,20-21H2,(H,31,36)(H,32,37)(H,34,35)/b19-18+/t25-,26-,27+/m0/s1. The Hall–Kier alpha value is -4.43. The topological polar surface area (TPSA) is 125 Å². The Morgan fingerprint density at radius 1 is 0.789 bits per heavy atom. The molecular weight excluding hydrogens is 484 g/mol. The number of carbonyl (C=O) groups is 3. The van der Waals surface area contributed by atoms with Gasteiger partial charge in [0.15, 0.2) is 0 Å². The van der Waals surface area contributed by atoms with Gasteiger partial charge >= 0.3 is 12.1 Å². The fraction of sp³-hybridized carbons (Fsp3) is 0.233. The summed E-state index contributed by atoms with van der Waals surface area (Å²) in [5, 5.41) is 25.1. The van der Waals surface area contributed by atoms with Crippen molar-refractivity contribution in [2.24, 2.45) is 0 Å². The molecule has 2 amide bonds. The van der Waals surface area contributed by atoms with Crippen molar-refractivity contribution in [2.75, 3.05) is 0 Å². The zero-order valence-electron chi connectivity index (χ0n) is 20.9. The second kappa shape index (κ2) is 15.0. The normalized spacial score (nSPS) is 13.3. The molecule has 0 bridgehead atoms. The number of ether oxygens (including phenoxy) is 1. The number of aliphatic carboxylic acids is 1. The Bertz CT molecular complexity index is 1190. The van der Waals surface area contributed by atoms with Gasteiger partial charge in [-0.3, -0.25) is 4.79 Å². The molecule has 0 spiro atoms. The van der Waals surface area contributed by atoms with Gasteiger partial charge in [-0.2, -0.15) is 0 Å². The first-order chi connectivity index (χ1) is 18.4. The third-order valence-corrected chi connectivity index (χ3v) is 5.87. The predicted molar refractivity (Wildman–Crippen MR) is 143 cm³/mol. The summed E-state index contributed by atoms with van der Waals surface area (Å²) in [6.45, 7) is 0.0464. The number of carboxylic acid groups (broad SMARTS) is 1. The molecule has 0 aliphatic rings. The van der Waals surface area contributed by atoms with Crippen LogP contribution >= 0.6 is 0 Å². The van der Waals surface area contributed by atoms with E-state index in [0.717, 1.165) is 28.8 Å². The van der Waals surface area contributed by atoms with E-state index < -0.39 is 36.2 Å². The number of rotatable bonds is 13. The van der Waals surface area contributed by atoms with Crippen LogP contribution in [0.15, 0.2) is 103 Å². The molecule has 0 aliphatic carbocycles. The van der Waals surface area contributed by atoms with E-state index in [4.69, 9.17) is 9.84 Å². The van der Waals surface area contributed by atoms with Gasteiger partial charge in [0.2, 0.25) is 5.91 Å². The van der Waals surface area contributed by atoms with Crippen molar-refractivity contribution < 1.29 is 29.3 Å². The van der Waals surface area contributed by atoms with Gasteiger partial charge in [-0.25, -0.2) is 9.59 Å². The lowest BCUT2D eigenvalue weighted by molar-refractivity contribution is -0.131. The molecule has 3 aromatic rings. The van der Waals surface area contributed by atoms with E-state index in [0.29, 0.717) is 12.8 Å². The molecule has 8 nitrogen and oxygen atoms in total. The summed E-state index contributed by atoms with van der Waals surface area (Å²) in [5.41, 5.74) is 2.63. The summed E-state index contributed by atoms with van der Waals surface area (Å²) in [6, 6.07) is 26.1. The molecule has 0 unspecified atom stereocenters. The second-order valence-corrected chi connectivity index (χ2v) is 8.78. The number of aliphatic hydroxyl groups is 1. The van der Waals surface area contributed by atoms with Gasteiger partial charge in [-0.05, 0) is 35.6 Å². The number of amides is 2. The summed E-state index contributed by atoms with van der Waals surface area (Å²) in [4.78, 5) is 37.0. The maximum atomic E-state index is 13.4. The number of alkyl carbamates (subject to hydrolysis) is 1. The SMILES string of the molecule is O=C(O)/C=C/[C@@H](O)[C@H](CCc1ccccc1)NC(=O)[C@H](Cc1ccccc1)NC(=O)OCc1ccccc1. The summed E-state index contributed by atoms with van der Waals surface area (Å²) in [7, 11) is 0. The summed E-state index contributed by atoms with van der Waals surface area (Å²) >= 11 is 0. The van der Waals surface area contributed by atoms with Crippen LogP contribution in [0.25, 0.3) is 0 Å².